The Morgan fingerprint density at radius 3 is 2.55 bits per heavy atom. The van der Waals surface area contributed by atoms with Crippen molar-refractivity contribution in [3.63, 3.8) is 0 Å². The molecule has 2 aliphatic rings. The molecule has 4 amide bonds. The zero-order chi connectivity index (χ0) is 27.2. The summed E-state index contributed by atoms with van der Waals surface area (Å²) in [7, 11) is 0. The number of hydrogen-bond donors (Lipinski definition) is 1. The van der Waals surface area contributed by atoms with Crippen LogP contribution in [-0.2, 0) is 16.1 Å². The van der Waals surface area contributed by atoms with Gasteiger partial charge in [0.15, 0.2) is 0 Å². The number of thioether (sulfide) groups is 1. The van der Waals surface area contributed by atoms with E-state index in [0.29, 0.717) is 18.7 Å². The number of nitrogens with zero attached hydrogens (tertiary/aromatic N) is 4. The molecule has 2 aromatic rings. The van der Waals surface area contributed by atoms with Crippen molar-refractivity contribution in [3.8, 4) is 12.3 Å². The maximum Gasteiger partial charge on any atom is 0.334 e. The monoisotopic (exact) mass is 537 g/mol. The minimum absolute atomic E-state index is 0.0613. The number of fused-ring (bicyclic) bond motifs is 1. The van der Waals surface area contributed by atoms with Crippen molar-refractivity contribution in [2.75, 3.05) is 31.6 Å². The number of halogens is 1. The molecule has 8 nitrogen and oxygen atoms in total. The van der Waals surface area contributed by atoms with Crippen molar-refractivity contribution in [2.24, 2.45) is 0 Å². The summed E-state index contributed by atoms with van der Waals surface area (Å²) in [4.78, 5) is 44.1. The molecule has 0 aliphatic carbocycles. The van der Waals surface area contributed by atoms with Crippen molar-refractivity contribution >= 4 is 29.6 Å². The molecule has 2 saturated heterocycles. The van der Waals surface area contributed by atoms with Gasteiger partial charge < -0.3 is 15.1 Å². The van der Waals surface area contributed by atoms with Crippen molar-refractivity contribution in [2.45, 2.75) is 38.1 Å². The standard InChI is InChI=1S/C28H32FN5O3S/c1-4-15-31-19-26(35)33-24(14-16-38-3)27(36)32(20(2)22-10-12-23(29)13-11-22)18-25(33)34(31)28(37)30-17-21-8-6-5-7-9-21/h1,5-13,20,24-25H,14-19H2,2-3H3,(H,30,37). The van der Waals surface area contributed by atoms with Crippen molar-refractivity contribution in [1.29, 1.82) is 0 Å². The summed E-state index contributed by atoms with van der Waals surface area (Å²) in [6.07, 6.45) is 7.26. The molecule has 0 aromatic heterocycles. The quantitative estimate of drug-likeness (QED) is 0.524. The van der Waals surface area contributed by atoms with E-state index < -0.39 is 24.3 Å². The minimum atomic E-state index is -0.743. The molecule has 38 heavy (non-hydrogen) atoms. The number of hydrogen-bond acceptors (Lipinski definition) is 5. The maximum absolute atomic E-state index is 13.8. The van der Waals surface area contributed by atoms with E-state index >= 15 is 0 Å². The zero-order valence-corrected chi connectivity index (χ0v) is 22.4. The summed E-state index contributed by atoms with van der Waals surface area (Å²) in [6.45, 7) is 2.22. The molecule has 0 spiro atoms. The molecule has 1 N–H and O–H groups in total. The Morgan fingerprint density at radius 2 is 1.89 bits per heavy atom. The van der Waals surface area contributed by atoms with E-state index in [-0.39, 0.29) is 37.3 Å². The highest BCUT2D eigenvalue weighted by molar-refractivity contribution is 7.98. The highest BCUT2D eigenvalue weighted by Gasteiger charge is 2.51. The first-order valence-electron chi connectivity index (χ1n) is 12.5. The normalized spacial score (nSPS) is 20.6. The predicted molar refractivity (Wildman–Crippen MR) is 145 cm³/mol. The zero-order valence-electron chi connectivity index (χ0n) is 21.5. The number of hydrazine groups is 1. The SMILES string of the molecule is C#CCN1CC(=O)N2C(CCSC)C(=O)N(C(C)c3ccc(F)cc3)CC2N1C(=O)NCc1ccccc1. The van der Waals surface area contributed by atoms with Gasteiger partial charge in [0, 0.05) is 6.54 Å². The van der Waals surface area contributed by atoms with E-state index in [1.54, 1.807) is 38.7 Å². The van der Waals surface area contributed by atoms with Crippen molar-refractivity contribution < 1.29 is 18.8 Å². The van der Waals surface area contributed by atoms with Crippen LogP contribution in [0.15, 0.2) is 54.6 Å². The Hall–Kier alpha value is -3.55. The molecule has 10 heteroatoms. The van der Waals surface area contributed by atoms with Crippen LogP contribution in [0.1, 0.15) is 30.5 Å². The first-order valence-corrected chi connectivity index (χ1v) is 13.9. The maximum atomic E-state index is 13.8. The summed E-state index contributed by atoms with van der Waals surface area (Å²) < 4.78 is 13.6. The number of terminal acetylenes is 1. The van der Waals surface area contributed by atoms with Crippen molar-refractivity contribution in [3.05, 3.63) is 71.5 Å². The highest BCUT2D eigenvalue weighted by atomic mass is 32.2. The number of urea groups is 1. The van der Waals surface area contributed by atoms with Gasteiger partial charge in [0.05, 0.1) is 25.7 Å². The second kappa shape index (κ2) is 12.3. The molecular weight excluding hydrogens is 505 g/mol. The molecule has 200 valence electrons. The molecule has 2 aliphatic heterocycles. The fourth-order valence-corrected chi connectivity index (χ4v) is 5.49. The summed E-state index contributed by atoms with van der Waals surface area (Å²) in [5.74, 6) is 2.42. The van der Waals surface area contributed by atoms with Gasteiger partial charge in [-0.3, -0.25) is 9.59 Å². The van der Waals surface area contributed by atoms with Gasteiger partial charge in [-0.2, -0.15) is 16.8 Å². The first-order chi connectivity index (χ1) is 18.3. The third-order valence-electron chi connectivity index (χ3n) is 6.96. The van der Waals surface area contributed by atoms with Crippen LogP contribution in [0.3, 0.4) is 0 Å². The van der Waals surface area contributed by atoms with Crippen LogP contribution in [0.2, 0.25) is 0 Å². The molecule has 3 atom stereocenters. The summed E-state index contributed by atoms with van der Waals surface area (Å²) in [5.41, 5.74) is 1.69. The largest absolute Gasteiger partial charge is 0.334 e. The van der Waals surface area contributed by atoms with Crippen LogP contribution in [0.5, 0.6) is 0 Å². The second-order valence-corrected chi connectivity index (χ2v) is 10.3. The minimum Gasteiger partial charge on any atom is -0.333 e. The lowest BCUT2D eigenvalue weighted by molar-refractivity contribution is -0.191. The number of nitrogens with one attached hydrogen (secondary N) is 1. The van der Waals surface area contributed by atoms with Gasteiger partial charge in [-0.15, -0.1) is 6.42 Å². The smallest absolute Gasteiger partial charge is 0.333 e. The van der Waals surface area contributed by atoms with Gasteiger partial charge in [-0.05, 0) is 48.6 Å². The Morgan fingerprint density at radius 1 is 1.18 bits per heavy atom. The fraction of sp³-hybridized carbons (Fsp3) is 0.393. The number of piperazine rings is 1. The first kappa shape index (κ1) is 27.5. The van der Waals surface area contributed by atoms with Crippen LogP contribution in [0.25, 0.3) is 0 Å². The van der Waals surface area contributed by atoms with Gasteiger partial charge in [-0.1, -0.05) is 48.4 Å². The van der Waals surface area contributed by atoms with E-state index in [1.165, 1.54) is 17.1 Å². The van der Waals surface area contributed by atoms with E-state index in [4.69, 9.17) is 6.42 Å². The number of benzene rings is 2. The number of rotatable bonds is 8. The number of carbonyl (C=O) groups is 3. The topological polar surface area (TPSA) is 76.2 Å². The molecule has 0 radical (unpaired) electrons. The predicted octanol–water partition coefficient (Wildman–Crippen LogP) is 3.08. The highest BCUT2D eigenvalue weighted by Crippen LogP contribution is 2.33. The van der Waals surface area contributed by atoms with Crippen LogP contribution in [0, 0.1) is 18.2 Å². The average molecular weight is 538 g/mol. The lowest BCUT2D eigenvalue weighted by Gasteiger charge is -2.55. The Labute approximate surface area is 227 Å². The van der Waals surface area contributed by atoms with E-state index in [0.717, 1.165) is 11.1 Å². The summed E-state index contributed by atoms with van der Waals surface area (Å²) in [6, 6.07) is 14.0. The summed E-state index contributed by atoms with van der Waals surface area (Å²) >= 11 is 1.59. The van der Waals surface area contributed by atoms with E-state index in [2.05, 4.69) is 11.2 Å². The number of carbonyl (C=O) groups excluding carboxylic acids is 3. The van der Waals surface area contributed by atoms with Gasteiger partial charge >= 0.3 is 6.03 Å². The molecule has 4 rings (SSSR count). The average Bonchev–Trinajstić information content (AvgIpc) is 2.92. The van der Waals surface area contributed by atoms with Gasteiger partial charge in [0.25, 0.3) is 0 Å². The fourth-order valence-electron chi connectivity index (χ4n) is 5.03. The van der Waals surface area contributed by atoms with Crippen LogP contribution < -0.4 is 5.32 Å². The van der Waals surface area contributed by atoms with Gasteiger partial charge in [-0.25, -0.2) is 14.2 Å². The Bertz CT molecular complexity index is 1190. The Kier molecular flexibility index (Phi) is 8.92. The summed E-state index contributed by atoms with van der Waals surface area (Å²) in [5, 5.41) is 6.00. The van der Waals surface area contributed by atoms with Crippen molar-refractivity contribution in [1.82, 2.24) is 25.1 Å². The third kappa shape index (κ3) is 5.79. The van der Waals surface area contributed by atoms with Crippen LogP contribution in [-0.4, -0.2) is 81.5 Å². The molecule has 2 heterocycles. The lowest BCUT2D eigenvalue weighted by Crippen LogP contribution is -2.76. The van der Waals surface area contributed by atoms with E-state index in [1.807, 2.05) is 43.5 Å². The molecule has 0 saturated carbocycles. The molecule has 2 aromatic carbocycles. The third-order valence-corrected chi connectivity index (χ3v) is 7.61. The molecular formula is C28H32FN5O3S. The van der Waals surface area contributed by atoms with E-state index in [9.17, 15) is 18.8 Å². The Balaban J connectivity index is 1.68. The molecule has 0 bridgehead atoms. The number of amides is 4. The van der Waals surface area contributed by atoms with Crippen LogP contribution in [0.4, 0.5) is 9.18 Å². The molecule has 2 fully saturated rings. The second-order valence-electron chi connectivity index (χ2n) is 9.31. The molecule has 3 unspecified atom stereocenters. The van der Waals surface area contributed by atoms with Crippen LogP contribution >= 0.6 is 11.8 Å². The lowest BCUT2D eigenvalue weighted by atomic mass is 9.99. The van der Waals surface area contributed by atoms with Gasteiger partial charge in [0.1, 0.15) is 18.0 Å². The van der Waals surface area contributed by atoms with Gasteiger partial charge in [0.2, 0.25) is 11.8 Å².